The van der Waals surface area contributed by atoms with Crippen molar-refractivity contribution in [2.45, 2.75) is 25.8 Å². The summed E-state index contributed by atoms with van der Waals surface area (Å²) in [6.07, 6.45) is 4.40. The van der Waals surface area contributed by atoms with Crippen LogP contribution in [0.5, 0.6) is 5.75 Å². The Balaban J connectivity index is 1.43. The van der Waals surface area contributed by atoms with E-state index in [-0.39, 0.29) is 11.9 Å². The highest BCUT2D eigenvalue weighted by molar-refractivity contribution is 7.10. The lowest BCUT2D eigenvalue weighted by atomic mass is 9.97. The number of ether oxygens (including phenoxy) is 1. The molecule has 5 heteroatoms. The molecule has 27 heavy (non-hydrogen) atoms. The van der Waals surface area contributed by atoms with Gasteiger partial charge in [-0.25, -0.2) is 0 Å². The first-order valence-electron chi connectivity index (χ1n) is 9.69. The molecule has 0 radical (unpaired) electrons. The van der Waals surface area contributed by atoms with E-state index in [1.165, 1.54) is 17.7 Å². The minimum absolute atomic E-state index is 0.0311. The molecule has 0 aliphatic carbocycles. The van der Waals surface area contributed by atoms with Crippen LogP contribution in [0, 0.1) is 5.92 Å². The molecule has 142 valence electrons. The van der Waals surface area contributed by atoms with Gasteiger partial charge in [-0.15, -0.1) is 11.3 Å². The first kappa shape index (κ1) is 18.3. The van der Waals surface area contributed by atoms with E-state index in [4.69, 9.17) is 4.74 Å². The molecule has 0 saturated carbocycles. The van der Waals surface area contributed by atoms with Crippen molar-refractivity contribution in [3.05, 3.63) is 57.8 Å². The van der Waals surface area contributed by atoms with Crippen LogP contribution in [0.3, 0.4) is 0 Å². The topological polar surface area (TPSA) is 41.6 Å². The summed E-state index contributed by atoms with van der Waals surface area (Å²) in [6, 6.07) is 12.3. The number of rotatable bonds is 5. The third-order valence-electron chi connectivity index (χ3n) is 5.51. The Morgan fingerprint density at radius 1 is 1.26 bits per heavy atom. The van der Waals surface area contributed by atoms with E-state index < -0.39 is 0 Å². The van der Waals surface area contributed by atoms with E-state index in [9.17, 15) is 4.79 Å². The molecule has 1 saturated heterocycles. The molecule has 1 unspecified atom stereocenters. The SMILES string of the molecule is CC1CCN(C(CNC(=O)C2=Cc3ccccc3OC2)c2cccs2)CC1. The Hall–Kier alpha value is -2.11. The van der Waals surface area contributed by atoms with E-state index in [1.54, 1.807) is 11.3 Å². The Kier molecular flexibility index (Phi) is 5.60. The van der Waals surface area contributed by atoms with Gasteiger partial charge in [-0.3, -0.25) is 9.69 Å². The van der Waals surface area contributed by atoms with Crippen LogP contribution in [0.25, 0.3) is 6.08 Å². The van der Waals surface area contributed by atoms with Crippen LogP contribution in [0.15, 0.2) is 47.4 Å². The van der Waals surface area contributed by atoms with Crippen LogP contribution in [0.1, 0.15) is 36.2 Å². The number of likely N-dealkylation sites (tertiary alicyclic amines) is 1. The maximum Gasteiger partial charge on any atom is 0.250 e. The summed E-state index contributed by atoms with van der Waals surface area (Å²) in [5, 5.41) is 5.27. The summed E-state index contributed by atoms with van der Waals surface area (Å²) in [5.74, 6) is 1.61. The number of amides is 1. The molecule has 2 aliphatic heterocycles. The molecule has 2 aromatic rings. The van der Waals surface area contributed by atoms with E-state index >= 15 is 0 Å². The lowest BCUT2D eigenvalue weighted by Gasteiger charge is -2.36. The predicted molar refractivity (Wildman–Crippen MR) is 110 cm³/mol. The number of fused-ring (bicyclic) bond motifs is 1. The van der Waals surface area contributed by atoms with Crippen molar-refractivity contribution in [1.82, 2.24) is 10.2 Å². The number of para-hydroxylation sites is 1. The number of nitrogens with one attached hydrogen (secondary N) is 1. The summed E-state index contributed by atoms with van der Waals surface area (Å²) in [5.41, 5.74) is 1.65. The highest BCUT2D eigenvalue weighted by Crippen LogP contribution is 2.29. The first-order valence-corrected chi connectivity index (χ1v) is 10.6. The summed E-state index contributed by atoms with van der Waals surface area (Å²) in [4.78, 5) is 16.6. The van der Waals surface area contributed by atoms with Crippen molar-refractivity contribution in [2.24, 2.45) is 5.92 Å². The Morgan fingerprint density at radius 3 is 2.85 bits per heavy atom. The van der Waals surface area contributed by atoms with Crippen molar-refractivity contribution in [3.8, 4) is 5.75 Å². The number of carbonyl (C=O) groups excluding carboxylic acids is 1. The fraction of sp³-hybridized carbons (Fsp3) is 0.409. The molecule has 1 N–H and O–H groups in total. The smallest absolute Gasteiger partial charge is 0.250 e. The van der Waals surface area contributed by atoms with Crippen LogP contribution < -0.4 is 10.1 Å². The van der Waals surface area contributed by atoms with Crippen LogP contribution in [0.2, 0.25) is 0 Å². The largest absolute Gasteiger partial charge is 0.488 e. The number of hydrogen-bond acceptors (Lipinski definition) is 4. The molecule has 3 heterocycles. The first-order chi connectivity index (χ1) is 13.2. The van der Waals surface area contributed by atoms with Crippen molar-refractivity contribution in [1.29, 1.82) is 0 Å². The van der Waals surface area contributed by atoms with Crippen molar-refractivity contribution in [3.63, 3.8) is 0 Å². The molecule has 1 aromatic heterocycles. The Morgan fingerprint density at radius 2 is 2.07 bits per heavy atom. The van der Waals surface area contributed by atoms with Gasteiger partial charge in [0.25, 0.3) is 5.91 Å². The average Bonchev–Trinajstić information content (AvgIpc) is 3.23. The van der Waals surface area contributed by atoms with Crippen LogP contribution in [-0.4, -0.2) is 37.0 Å². The van der Waals surface area contributed by atoms with Crippen molar-refractivity contribution >= 4 is 23.3 Å². The molecule has 1 atom stereocenters. The zero-order chi connectivity index (χ0) is 18.6. The number of thiophene rings is 1. The number of nitrogens with zero attached hydrogens (tertiary/aromatic N) is 1. The molecular formula is C22H26N2O2S. The highest BCUT2D eigenvalue weighted by atomic mass is 32.1. The van der Waals surface area contributed by atoms with E-state index in [2.05, 4.69) is 34.7 Å². The van der Waals surface area contributed by atoms with Crippen molar-refractivity contribution < 1.29 is 9.53 Å². The zero-order valence-corrected chi connectivity index (χ0v) is 16.5. The second kappa shape index (κ2) is 8.28. The molecule has 1 aromatic carbocycles. The summed E-state index contributed by atoms with van der Waals surface area (Å²) >= 11 is 1.77. The molecule has 4 rings (SSSR count). The third-order valence-corrected chi connectivity index (χ3v) is 6.48. The second-order valence-electron chi connectivity index (χ2n) is 7.46. The lowest BCUT2D eigenvalue weighted by molar-refractivity contribution is -0.118. The maximum atomic E-state index is 12.7. The van der Waals surface area contributed by atoms with Crippen molar-refractivity contribution in [2.75, 3.05) is 26.2 Å². The van der Waals surface area contributed by atoms with Crippen LogP contribution in [-0.2, 0) is 4.79 Å². The zero-order valence-electron chi connectivity index (χ0n) is 15.7. The third kappa shape index (κ3) is 4.25. The maximum absolute atomic E-state index is 12.7. The fourth-order valence-corrected chi connectivity index (χ4v) is 4.64. The Labute approximate surface area is 164 Å². The predicted octanol–water partition coefficient (Wildman–Crippen LogP) is 4.11. The van der Waals surface area contributed by atoms with Gasteiger partial charge >= 0.3 is 0 Å². The van der Waals surface area contributed by atoms with Crippen LogP contribution in [0.4, 0.5) is 0 Å². The van der Waals surface area contributed by atoms with Gasteiger partial charge in [0.05, 0.1) is 11.6 Å². The minimum atomic E-state index is -0.0311. The Bertz CT molecular complexity index is 807. The van der Waals surface area contributed by atoms with Crippen LogP contribution >= 0.6 is 11.3 Å². The molecule has 1 fully saturated rings. The van der Waals surface area contributed by atoms with Gasteiger partial charge in [-0.1, -0.05) is 31.2 Å². The van der Waals surface area contributed by atoms with Gasteiger partial charge in [-0.2, -0.15) is 0 Å². The van der Waals surface area contributed by atoms with E-state index in [0.29, 0.717) is 18.7 Å². The summed E-state index contributed by atoms with van der Waals surface area (Å²) in [7, 11) is 0. The van der Waals surface area contributed by atoms with Gasteiger partial charge in [0.1, 0.15) is 12.4 Å². The number of hydrogen-bond donors (Lipinski definition) is 1. The fourth-order valence-electron chi connectivity index (χ4n) is 3.78. The molecule has 0 bridgehead atoms. The summed E-state index contributed by atoms with van der Waals surface area (Å²) in [6.45, 7) is 5.48. The molecular weight excluding hydrogens is 356 g/mol. The lowest BCUT2D eigenvalue weighted by Crippen LogP contribution is -2.42. The molecule has 2 aliphatic rings. The number of carbonyl (C=O) groups is 1. The normalized spacial score (nSPS) is 18.9. The van der Waals surface area contributed by atoms with E-state index in [1.807, 2.05) is 30.3 Å². The van der Waals surface area contributed by atoms with Gasteiger partial charge in [0.2, 0.25) is 0 Å². The quantitative estimate of drug-likeness (QED) is 0.846. The molecule has 4 nitrogen and oxygen atoms in total. The number of benzene rings is 1. The summed E-state index contributed by atoms with van der Waals surface area (Å²) < 4.78 is 5.73. The van der Waals surface area contributed by atoms with Gasteiger partial charge in [-0.05, 0) is 55.4 Å². The monoisotopic (exact) mass is 382 g/mol. The van der Waals surface area contributed by atoms with E-state index in [0.717, 1.165) is 30.3 Å². The second-order valence-corrected chi connectivity index (χ2v) is 8.44. The number of piperidine rings is 1. The highest BCUT2D eigenvalue weighted by Gasteiger charge is 2.26. The minimum Gasteiger partial charge on any atom is -0.488 e. The molecule has 1 amide bonds. The molecule has 0 spiro atoms. The van der Waals surface area contributed by atoms with Gasteiger partial charge in [0, 0.05) is 17.0 Å². The van der Waals surface area contributed by atoms with Gasteiger partial charge in [0.15, 0.2) is 0 Å². The average molecular weight is 383 g/mol. The van der Waals surface area contributed by atoms with Gasteiger partial charge < -0.3 is 10.1 Å². The standard InChI is InChI=1S/C22H26N2O2S/c1-16-8-10-24(11-9-16)19(21-7-4-12-27-21)14-23-22(25)18-13-17-5-2-3-6-20(17)26-15-18/h2-7,12-13,16,19H,8-11,14-15H2,1H3,(H,23,25).